The number of nitrogens with one attached hydrogen (secondary N) is 1. The van der Waals surface area contributed by atoms with Crippen LogP contribution >= 0.6 is 11.3 Å². The van der Waals surface area contributed by atoms with E-state index >= 15 is 0 Å². The molecule has 4 atom stereocenters. The van der Waals surface area contributed by atoms with Crippen LogP contribution in [0, 0.1) is 5.92 Å². The van der Waals surface area contributed by atoms with Crippen molar-refractivity contribution in [1.29, 1.82) is 0 Å². The Hall–Kier alpha value is -1.58. The first-order valence-electron chi connectivity index (χ1n) is 10.3. The summed E-state index contributed by atoms with van der Waals surface area (Å²) in [5, 5.41) is 9.69. The number of likely N-dealkylation sites (tertiary alicyclic amines) is 1. The first-order valence-corrected chi connectivity index (χ1v) is 11.1. The number of thiophene rings is 1. The van der Waals surface area contributed by atoms with Crippen molar-refractivity contribution in [2.45, 2.75) is 50.0 Å². The lowest BCUT2D eigenvalue weighted by Crippen LogP contribution is -2.35. The topological polar surface area (TPSA) is 42.3 Å². The molecule has 0 aromatic carbocycles. The molecule has 158 valence electrons. The van der Waals surface area contributed by atoms with Crippen molar-refractivity contribution in [3.8, 4) is 0 Å². The van der Waals surface area contributed by atoms with Gasteiger partial charge in [0.25, 0.3) is 0 Å². The number of aromatic nitrogens is 2. The van der Waals surface area contributed by atoms with Crippen molar-refractivity contribution in [1.82, 2.24) is 14.7 Å². The van der Waals surface area contributed by atoms with E-state index < -0.39 is 12.2 Å². The molecular formula is C20H25F3N4OS. The van der Waals surface area contributed by atoms with E-state index in [2.05, 4.69) is 15.3 Å². The largest absolute Gasteiger partial charge is 0.410 e. The zero-order valence-corrected chi connectivity index (χ0v) is 16.9. The lowest BCUT2D eigenvalue weighted by molar-refractivity contribution is -0.173. The van der Waals surface area contributed by atoms with Crippen molar-refractivity contribution in [2.75, 3.05) is 31.6 Å². The van der Waals surface area contributed by atoms with Crippen LogP contribution in [0.5, 0.6) is 0 Å². The molecule has 5 heterocycles. The maximum absolute atomic E-state index is 13.9. The Balaban J connectivity index is 1.42. The third-order valence-electron chi connectivity index (χ3n) is 6.32. The fourth-order valence-electron chi connectivity index (χ4n) is 4.87. The summed E-state index contributed by atoms with van der Waals surface area (Å²) in [6.45, 7) is 3.49. The first kappa shape index (κ1) is 19.4. The van der Waals surface area contributed by atoms with Crippen molar-refractivity contribution < 1.29 is 17.9 Å². The zero-order valence-electron chi connectivity index (χ0n) is 16.1. The van der Waals surface area contributed by atoms with Crippen LogP contribution in [0.25, 0.3) is 0 Å². The molecule has 0 amide bonds. The summed E-state index contributed by atoms with van der Waals surface area (Å²) >= 11 is 1.49. The van der Waals surface area contributed by atoms with E-state index in [0.29, 0.717) is 11.7 Å². The minimum Gasteiger partial charge on any atom is -0.381 e. The molecule has 3 aliphatic rings. The Bertz CT molecular complexity index is 831. The van der Waals surface area contributed by atoms with E-state index in [1.54, 1.807) is 0 Å². The molecule has 0 aliphatic carbocycles. The standard InChI is InChI=1S/C20H25F3N4OS/c21-20(22,23)18-9-15(17-4-2-8-29-17)24-19-10-14(25-27(18)19)16-3-1-6-26(16)11-13-5-7-28-12-13/h2,4,8,10,13,15-16,18,24H,1,3,5-7,9,11-12H2/t13?,15-,16?,18+/m0/s1. The SMILES string of the molecule is FC(F)(F)[C@H]1C[C@@H](c2cccs2)Nc2cc(C3CCCN3CC3CCOC3)nn21. The molecule has 2 unspecified atom stereocenters. The van der Waals surface area contributed by atoms with Crippen molar-refractivity contribution in [3.63, 3.8) is 0 Å². The number of hydrogen-bond acceptors (Lipinski definition) is 5. The number of alkyl halides is 3. The summed E-state index contributed by atoms with van der Waals surface area (Å²) in [5.74, 6) is 0.986. The monoisotopic (exact) mass is 426 g/mol. The Kier molecular flexibility index (Phi) is 5.08. The van der Waals surface area contributed by atoms with Gasteiger partial charge in [-0.05, 0) is 43.2 Å². The van der Waals surface area contributed by atoms with E-state index in [0.717, 1.165) is 56.1 Å². The maximum atomic E-state index is 13.9. The number of anilines is 1. The molecule has 2 aromatic rings. The van der Waals surface area contributed by atoms with Gasteiger partial charge >= 0.3 is 6.18 Å². The summed E-state index contributed by atoms with van der Waals surface area (Å²) in [6, 6.07) is 3.76. The average molecular weight is 427 g/mol. The number of halogens is 3. The van der Waals surface area contributed by atoms with E-state index in [1.165, 1.54) is 16.0 Å². The maximum Gasteiger partial charge on any atom is 0.410 e. The molecule has 1 N–H and O–H groups in total. The Morgan fingerprint density at radius 1 is 1.31 bits per heavy atom. The minimum absolute atomic E-state index is 0.0358. The second-order valence-electron chi connectivity index (χ2n) is 8.29. The summed E-state index contributed by atoms with van der Waals surface area (Å²) < 4.78 is 48.2. The molecule has 5 nitrogen and oxygen atoms in total. The average Bonchev–Trinajstić information content (AvgIpc) is 3.46. The molecule has 0 saturated carbocycles. The molecule has 0 radical (unpaired) electrons. The fourth-order valence-corrected chi connectivity index (χ4v) is 5.66. The Morgan fingerprint density at radius 2 is 2.21 bits per heavy atom. The normalized spacial score (nSPS) is 30.4. The Morgan fingerprint density at radius 3 is 2.93 bits per heavy atom. The van der Waals surface area contributed by atoms with Crippen LogP contribution in [-0.2, 0) is 4.74 Å². The van der Waals surface area contributed by atoms with E-state index in [9.17, 15) is 13.2 Å². The molecule has 29 heavy (non-hydrogen) atoms. The molecule has 5 rings (SSSR count). The number of hydrogen-bond donors (Lipinski definition) is 1. The highest BCUT2D eigenvalue weighted by Crippen LogP contribution is 2.45. The molecule has 2 aromatic heterocycles. The van der Waals surface area contributed by atoms with E-state index in [-0.39, 0.29) is 18.5 Å². The molecule has 2 fully saturated rings. The summed E-state index contributed by atoms with van der Waals surface area (Å²) in [4.78, 5) is 3.31. The summed E-state index contributed by atoms with van der Waals surface area (Å²) in [6.07, 6.45) is -1.31. The molecule has 0 bridgehead atoms. The molecule has 3 aliphatic heterocycles. The quantitative estimate of drug-likeness (QED) is 0.764. The summed E-state index contributed by atoms with van der Waals surface area (Å²) in [5.41, 5.74) is 0.755. The van der Waals surface area contributed by atoms with Crippen LogP contribution in [0.3, 0.4) is 0 Å². The lowest BCUT2D eigenvalue weighted by atomic mass is 10.0. The van der Waals surface area contributed by atoms with Gasteiger partial charge in [-0.3, -0.25) is 4.90 Å². The van der Waals surface area contributed by atoms with Gasteiger partial charge in [0.1, 0.15) is 5.82 Å². The second-order valence-corrected chi connectivity index (χ2v) is 9.27. The van der Waals surface area contributed by atoms with Gasteiger partial charge < -0.3 is 10.1 Å². The van der Waals surface area contributed by atoms with Crippen LogP contribution in [0.1, 0.15) is 54.4 Å². The molecular weight excluding hydrogens is 401 g/mol. The van der Waals surface area contributed by atoms with Gasteiger partial charge in [0.15, 0.2) is 6.04 Å². The van der Waals surface area contributed by atoms with Gasteiger partial charge in [-0.2, -0.15) is 18.3 Å². The fraction of sp³-hybridized carbons (Fsp3) is 0.650. The number of ether oxygens (including phenoxy) is 1. The predicted octanol–water partition coefficient (Wildman–Crippen LogP) is 4.78. The van der Waals surface area contributed by atoms with Crippen molar-refractivity contribution >= 4 is 17.2 Å². The van der Waals surface area contributed by atoms with Gasteiger partial charge in [-0.15, -0.1) is 11.3 Å². The third-order valence-corrected chi connectivity index (χ3v) is 7.30. The molecule has 2 saturated heterocycles. The lowest BCUT2D eigenvalue weighted by Gasteiger charge is -2.32. The first-order chi connectivity index (χ1) is 14.0. The van der Waals surface area contributed by atoms with Crippen LogP contribution in [0.15, 0.2) is 23.6 Å². The van der Waals surface area contributed by atoms with Crippen LogP contribution < -0.4 is 5.32 Å². The smallest absolute Gasteiger partial charge is 0.381 e. The van der Waals surface area contributed by atoms with E-state index in [4.69, 9.17) is 4.74 Å². The van der Waals surface area contributed by atoms with Crippen LogP contribution in [-0.4, -0.2) is 47.2 Å². The number of nitrogens with zero attached hydrogens (tertiary/aromatic N) is 3. The third kappa shape index (κ3) is 3.80. The van der Waals surface area contributed by atoms with E-state index in [1.807, 2.05) is 23.6 Å². The van der Waals surface area contributed by atoms with Crippen molar-refractivity contribution in [2.24, 2.45) is 5.92 Å². The van der Waals surface area contributed by atoms with Gasteiger partial charge in [0.05, 0.1) is 24.4 Å². The molecule has 0 spiro atoms. The number of fused-ring (bicyclic) bond motifs is 1. The minimum atomic E-state index is -4.33. The molecule has 9 heteroatoms. The summed E-state index contributed by atoms with van der Waals surface area (Å²) in [7, 11) is 0. The van der Waals surface area contributed by atoms with Gasteiger partial charge in [-0.1, -0.05) is 6.07 Å². The highest BCUT2D eigenvalue weighted by Gasteiger charge is 2.47. The highest BCUT2D eigenvalue weighted by atomic mass is 32.1. The second kappa shape index (κ2) is 7.59. The zero-order chi connectivity index (χ0) is 20.0. The predicted molar refractivity (Wildman–Crippen MR) is 105 cm³/mol. The van der Waals surface area contributed by atoms with Crippen LogP contribution in [0.2, 0.25) is 0 Å². The van der Waals surface area contributed by atoms with Gasteiger partial charge in [-0.25, -0.2) is 4.68 Å². The van der Waals surface area contributed by atoms with Gasteiger partial charge in [0, 0.05) is 30.5 Å². The van der Waals surface area contributed by atoms with Gasteiger partial charge in [0.2, 0.25) is 0 Å². The highest BCUT2D eigenvalue weighted by molar-refractivity contribution is 7.10. The number of rotatable bonds is 4. The Labute approximate surface area is 171 Å². The van der Waals surface area contributed by atoms with Crippen LogP contribution in [0.4, 0.5) is 19.0 Å². The van der Waals surface area contributed by atoms with Crippen molar-refractivity contribution in [3.05, 3.63) is 34.2 Å².